The van der Waals surface area contributed by atoms with Crippen molar-refractivity contribution in [2.75, 3.05) is 47.1 Å². The highest BCUT2D eigenvalue weighted by molar-refractivity contribution is 5.72. The van der Waals surface area contributed by atoms with E-state index in [0.717, 1.165) is 103 Å². The number of carbonyl (C=O) groups is 2. The Morgan fingerprint density at radius 1 is 0.554 bits per heavy atom. The zero-order valence-electron chi connectivity index (χ0n) is 37.4. The molecule has 0 bridgehead atoms. The molecule has 1 atom stereocenters. The van der Waals surface area contributed by atoms with Crippen molar-refractivity contribution in [3.05, 3.63) is 24.3 Å². The van der Waals surface area contributed by atoms with Crippen LogP contribution in [0.1, 0.15) is 219 Å². The van der Waals surface area contributed by atoms with Gasteiger partial charge in [-0.3, -0.25) is 9.59 Å². The fourth-order valence-corrected chi connectivity index (χ4v) is 7.62. The molecule has 1 aliphatic carbocycles. The lowest BCUT2D eigenvalue weighted by Crippen LogP contribution is -2.38. The minimum Gasteiger partial charge on any atom is -0.465 e. The highest BCUT2D eigenvalue weighted by atomic mass is 16.7. The van der Waals surface area contributed by atoms with Crippen molar-refractivity contribution in [1.82, 2.24) is 4.90 Å². The molecule has 0 radical (unpaired) electrons. The molecule has 0 aliphatic heterocycles. The predicted octanol–water partition coefficient (Wildman–Crippen LogP) is 13.6. The second-order valence-corrected chi connectivity index (χ2v) is 16.9. The fourth-order valence-electron chi connectivity index (χ4n) is 7.62. The number of ether oxygens (including phenoxy) is 4. The lowest BCUT2D eigenvalue weighted by Gasteiger charge is -2.36. The molecule has 328 valence electrons. The number of hydrogen-bond donors (Lipinski definition) is 0. The molecule has 1 aliphatic rings. The first-order chi connectivity index (χ1) is 27.4. The molecule has 0 heterocycles. The van der Waals surface area contributed by atoms with Crippen molar-refractivity contribution in [1.29, 1.82) is 0 Å². The quantitative estimate of drug-likeness (QED) is 0.0265. The van der Waals surface area contributed by atoms with Crippen molar-refractivity contribution in [2.45, 2.75) is 225 Å². The Morgan fingerprint density at radius 2 is 1.11 bits per heavy atom. The molecule has 0 aromatic heterocycles. The zero-order valence-corrected chi connectivity index (χ0v) is 37.4. The number of nitrogens with zero attached hydrogens (tertiary/aromatic N) is 1. The van der Waals surface area contributed by atoms with E-state index >= 15 is 0 Å². The summed E-state index contributed by atoms with van der Waals surface area (Å²) in [5, 5.41) is 0. The molecule has 1 saturated carbocycles. The van der Waals surface area contributed by atoms with E-state index in [1.165, 1.54) is 109 Å². The number of esters is 2. The lowest BCUT2D eigenvalue weighted by molar-refractivity contribution is -0.247. The molecular formula is C49H91NO6. The Bertz CT molecular complexity index is 943. The molecule has 7 heteroatoms. The third-order valence-corrected chi connectivity index (χ3v) is 11.3. The maximum absolute atomic E-state index is 13.0. The Balaban J connectivity index is 2.18. The van der Waals surface area contributed by atoms with Gasteiger partial charge in [0.1, 0.15) is 6.61 Å². The van der Waals surface area contributed by atoms with Gasteiger partial charge in [0, 0.05) is 25.8 Å². The average Bonchev–Trinajstić information content (AvgIpc) is 3.19. The van der Waals surface area contributed by atoms with Crippen LogP contribution in [0.5, 0.6) is 0 Å². The van der Waals surface area contributed by atoms with Crippen LogP contribution in [0.3, 0.4) is 0 Å². The second kappa shape index (κ2) is 38.8. The monoisotopic (exact) mass is 790 g/mol. The molecule has 1 fully saturated rings. The van der Waals surface area contributed by atoms with Gasteiger partial charge in [0.15, 0.2) is 5.79 Å². The van der Waals surface area contributed by atoms with Gasteiger partial charge in [-0.25, -0.2) is 0 Å². The van der Waals surface area contributed by atoms with Gasteiger partial charge >= 0.3 is 11.9 Å². The highest BCUT2D eigenvalue weighted by Gasteiger charge is 2.33. The second-order valence-electron chi connectivity index (χ2n) is 16.9. The van der Waals surface area contributed by atoms with Crippen LogP contribution in [0, 0.1) is 5.92 Å². The molecule has 7 nitrogen and oxygen atoms in total. The van der Waals surface area contributed by atoms with Gasteiger partial charge in [-0.2, -0.15) is 0 Å². The van der Waals surface area contributed by atoms with Gasteiger partial charge < -0.3 is 23.8 Å². The third-order valence-electron chi connectivity index (χ3n) is 11.3. The standard InChI is InChI=1S/C49H91NO6/c1-5-7-9-11-18-24-32-42-53-47(51)38-29-22-17-14-16-21-28-37-46(48(52)54-43-35-41-50(3)4)36-27-20-15-12-13-19-25-34-45-56-49(39-30-26-31-40-49)55-44-33-23-10-8-6-2/h23-24,32-33,46H,5-22,25-31,34-45H2,1-4H3. The van der Waals surface area contributed by atoms with Crippen LogP contribution in [0.25, 0.3) is 0 Å². The minimum atomic E-state index is -0.353. The van der Waals surface area contributed by atoms with Gasteiger partial charge in [0.25, 0.3) is 0 Å². The van der Waals surface area contributed by atoms with Gasteiger partial charge in [-0.05, 0) is 78.3 Å². The SMILES string of the molecule is CCCCC=CCOC1(OCCCCCCCCCCC(CCCCCCCCCC(=O)OCC=CCCCCCC)C(=O)OCCCN(C)C)CCCCC1. The van der Waals surface area contributed by atoms with E-state index < -0.39 is 0 Å². The number of unbranched alkanes of at least 4 members (excludes halogenated alkanes) is 19. The van der Waals surface area contributed by atoms with Gasteiger partial charge in [-0.15, -0.1) is 0 Å². The van der Waals surface area contributed by atoms with Crippen molar-refractivity contribution >= 4 is 11.9 Å². The molecule has 0 spiro atoms. The first kappa shape index (κ1) is 52.3. The topological polar surface area (TPSA) is 74.3 Å². The molecule has 56 heavy (non-hydrogen) atoms. The van der Waals surface area contributed by atoms with Crippen LogP contribution in [0.2, 0.25) is 0 Å². The lowest BCUT2D eigenvalue weighted by atomic mass is 9.94. The Kier molecular flexibility index (Phi) is 36.2. The summed E-state index contributed by atoms with van der Waals surface area (Å²) < 4.78 is 23.8. The molecule has 1 unspecified atom stereocenters. The van der Waals surface area contributed by atoms with Gasteiger partial charge in [0.2, 0.25) is 0 Å². The maximum atomic E-state index is 13.0. The van der Waals surface area contributed by atoms with Crippen molar-refractivity contribution in [3.8, 4) is 0 Å². The van der Waals surface area contributed by atoms with Crippen LogP contribution >= 0.6 is 0 Å². The van der Waals surface area contributed by atoms with Crippen molar-refractivity contribution < 1.29 is 28.5 Å². The van der Waals surface area contributed by atoms with Crippen LogP contribution < -0.4 is 0 Å². The van der Waals surface area contributed by atoms with Gasteiger partial charge in [-0.1, -0.05) is 160 Å². The largest absolute Gasteiger partial charge is 0.465 e. The molecule has 0 N–H and O–H groups in total. The number of hydrogen-bond acceptors (Lipinski definition) is 7. The number of allylic oxidation sites excluding steroid dienone is 2. The number of carbonyl (C=O) groups excluding carboxylic acids is 2. The first-order valence-corrected chi connectivity index (χ1v) is 24.0. The summed E-state index contributed by atoms with van der Waals surface area (Å²) in [6.45, 7) is 7.80. The molecule has 0 amide bonds. The molecular weight excluding hydrogens is 699 g/mol. The van der Waals surface area contributed by atoms with E-state index in [4.69, 9.17) is 18.9 Å². The average molecular weight is 790 g/mol. The molecule has 0 saturated heterocycles. The summed E-state index contributed by atoms with van der Waals surface area (Å²) in [6.07, 6.45) is 44.9. The summed E-state index contributed by atoms with van der Waals surface area (Å²) >= 11 is 0. The molecule has 0 aromatic carbocycles. The van der Waals surface area contributed by atoms with E-state index in [1.54, 1.807) is 0 Å². The van der Waals surface area contributed by atoms with Gasteiger partial charge in [0.05, 0.1) is 25.7 Å². The predicted molar refractivity (Wildman–Crippen MR) is 236 cm³/mol. The van der Waals surface area contributed by atoms with E-state index in [0.29, 0.717) is 26.2 Å². The summed E-state index contributed by atoms with van der Waals surface area (Å²) in [6, 6.07) is 0. The summed E-state index contributed by atoms with van der Waals surface area (Å²) in [5.41, 5.74) is 0. The Labute approximate surface area is 346 Å². The van der Waals surface area contributed by atoms with Crippen molar-refractivity contribution in [2.24, 2.45) is 5.92 Å². The third kappa shape index (κ3) is 32.3. The maximum Gasteiger partial charge on any atom is 0.308 e. The minimum absolute atomic E-state index is 0.0178. The zero-order chi connectivity index (χ0) is 40.6. The van der Waals surface area contributed by atoms with Crippen LogP contribution in [0.15, 0.2) is 24.3 Å². The van der Waals surface area contributed by atoms with Crippen LogP contribution in [-0.4, -0.2) is 69.7 Å². The Morgan fingerprint density at radius 3 is 1.73 bits per heavy atom. The number of rotatable bonds is 40. The normalized spacial score (nSPS) is 14.9. The Hall–Kier alpha value is -1.70. The molecule has 1 rings (SSSR count). The van der Waals surface area contributed by atoms with E-state index in [1.807, 2.05) is 6.08 Å². The van der Waals surface area contributed by atoms with E-state index in [9.17, 15) is 9.59 Å². The highest BCUT2D eigenvalue weighted by Crippen LogP contribution is 2.33. The van der Waals surface area contributed by atoms with Crippen LogP contribution in [-0.2, 0) is 28.5 Å². The fraction of sp³-hybridized carbons (Fsp3) is 0.878. The van der Waals surface area contributed by atoms with Crippen LogP contribution in [0.4, 0.5) is 0 Å². The van der Waals surface area contributed by atoms with E-state index in [-0.39, 0.29) is 23.6 Å². The summed E-state index contributed by atoms with van der Waals surface area (Å²) in [7, 11) is 4.11. The molecule has 0 aromatic rings. The first-order valence-electron chi connectivity index (χ1n) is 24.0. The summed E-state index contributed by atoms with van der Waals surface area (Å²) in [5.74, 6) is -0.380. The van der Waals surface area contributed by atoms with Crippen molar-refractivity contribution in [3.63, 3.8) is 0 Å². The smallest absolute Gasteiger partial charge is 0.308 e. The van der Waals surface area contributed by atoms with E-state index in [2.05, 4.69) is 51.1 Å². The summed E-state index contributed by atoms with van der Waals surface area (Å²) in [4.78, 5) is 27.2.